The highest BCUT2D eigenvalue weighted by molar-refractivity contribution is 5.76. The smallest absolute Gasteiger partial charge is 0.320 e. The number of aliphatic carboxylic acids is 1. The molecule has 0 radical (unpaired) electrons. The van der Waals surface area contributed by atoms with Gasteiger partial charge >= 0.3 is 12.0 Å². The van der Waals surface area contributed by atoms with Crippen molar-refractivity contribution in [3.05, 3.63) is 0 Å². The van der Waals surface area contributed by atoms with E-state index in [1.165, 1.54) is 19.3 Å². The molecule has 5 nitrogen and oxygen atoms in total. The average molecular weight is 268 g/mol. The van der Waals surface area contributed by atoms with Gasteiger partial charge in [-0.05, 0) is 25.7 Å². The molecular weight excluding hydrogens is 244 g/mol. The van der Waals surface area contributed by atoms with Gasteiger partial charge in [-0.15, -0.1) is 0 Å². The van der Waals surface area contributed by atoms with E-state index in [1.807, 2.05) is 4.90 Å². The number of carboxylic acid groups (broad SMARTS) is 1. The number of piperidine rings is 1. The van der Waals surface area contributed by atoms with E-state index in [0.717, 1.165) is 32.4 Å². The molecule has 1 atom stereocenters. The summed E-state index contributed by atoms with van der Waals surface area (Å²) in [4.78, 5) is 27.2. The molecule has 2 rings (SSSR count). The first-order chi connectivity index (χ1) is 9.18. The van der Waals surface area contributed by atoms with Crippen molar-refractivity contribution in [3.8, 4) is 0 Å². The van der Waals surface area contributed by atoms with Gasteiger partial charge in [0.05, 0.1) is 5.92 Å². The maximum absolute atomic E-state index is 12.4. The molecule has 0 aromatic carbocycles. The van der Waals surface area contributed by atoms with Crippen LogP contribution < -0.4 is 0 Å². The van der Waals surface area contributed by atoms with E-state index in [-0.39, 0.29) is 11.9 Å². The number of carboxylic acids is 1. The molecule has 0 bridgehead atoms. The molecule has 108 valence electrons. The maximum Gasteiger partial charge on any atom is 0.320 e. The summed E-state index contributed by atoms with van der Waals surface area (Å²) in [6.45, 7) is 2.74. The molecule has 0 spiro atoms. The topological polar surface area (TPSA) is 60.9 Å². The zero-order chi connectivity index (χ0) is 13.7. The number of urea groups is 1. The van der Waals surface area contributed by atoms with Gasteiger partial charge in [-0.1, -0.05) is 19.3 Å². The van der Waals surface area contributed by atoms with Gasteiger partial charge < -0.3 is 14.9 Å². The third-order valence-corrected chi connectivity index (χ3v) is 4.17. The lowest BCUT2D eigenvalue weighted by Crippen LogP contribution is -2.49. The molecule has 2 saturated heterocycles. The summed E-state index contributed by atoms with van der Waals surface area (Å²) in [6.07, 6.45) is 7.30. The van der Waals surface area contributed by atoms with Crippen molar-refractivity contribution in [2.75, 3.05) is 26.2 Å². The average Bonchev–Trinajstić information content (AvgIpc) is 2.38. The van der Waals surface area contributed by atoms with Crippen molar-refractivity contribution in [2.45, 2.75) is 44.9 Å². The Kier molecular flexibility index (Phi) is 5.05. The van der Waals surface area contributed by atoms with Gasteiger partial charge in [0.1, 0.15) is 0 Å². The van der Waals surface area contributed by atoms with E-state index in [0.29, 0.717) is 19.5 Å². The Balaban J connectivity index is 1.91. The normalized spacial score (nSPS) is 25.6. The number of carbonyl (C=O) groups is 2. The number of hydrogen-bond donors (Lipinski definition) is 1. The minimum atomic E-state index is -0.773. The van der Waals surface area contributed by atoms with Gasteiger partial charge in [-0.2, -0.15) is 0 Å². The third kappa shape index (κ3) is 3.85. The second kappa shape index (κ2) is 6.78. The van der Waals surface area contributed by atoms with Crippen molar-refractivity contribution in [1.82, 2.24) is 9.80 Å². The number of nitrogens with zero attached hydrogens (tertiary/aromatic N) is 2. The van der Waals surface area contributed by atoms with Crippen molar-refractivity contribution >= 4 is 12.0 Å². The van der Waals surface area contributed by atoms with Crippen LogP contribution in [-0.2, 0) is 4.79 Å². The molecular formula is C14H24N2O3. The van der Waals surface area contributed by atoms with Crippen LogP contribution in [0.15, 0.2) is 0 Å². The maximum atomic E-state index is 12.4. The zero-order valence-electron chi connectivity index (χ0n) is 11.5. The minimum absolute atomic E-state index is 0.0489. The van der Waals surface area contributed by atoms with Crippen molar-refractivity contribution < 1.29 is 14.7 Å². The molecule has 5 heteroatoms. The van der Waals surface area contributed by atoms with Crippen LogP contribution in [-0.4, -0.2) is 53.1 Å². The summed E-state index contributed by atoms with van der Waals surface area (Å²) in [5.74, 6) is -1.15. The van der Waals surface area contributed by atoms with Crippen LogP contribution in [0.1, 0.15) is 44.9 Å². The van der Waals surface area contributed by atoms with Crippen molar-refractivity contribution in [2.24, 2.45) is 5.92 Å². The predicted molar refractivity (Wildman–Crippen MR) is 72.0 cm³/mol. The Labute approximate surface area is 114 Å². The third-order valence-electron chi connectivity index (χ3n) is 4.17. The monoisotopic (exact) mass is 268 g/mol. The number of hydrogen-bond acceptors (Lipinski definition) is 2. The molecule has 1 unspecified atom stereocenters. The van der Waals surface area contributed by atoms with Crippen LogP contribution in [0.4, 0.5) is 4.79 Å². The van der Waals surface area contributed by atoms with E-state index >= 15 is 0 Å². The number of carbonyl (C=O) groups excluding carboxylic acids is 1. The largest absolute Gasteiger partial charge is 0.481 e. The van der Waals surface area contributed by atoms with Crippen molar-refractivity contribution in [1.29, 1.82) is 0 Å². The van der Waals surface area contributed by atoms with Crippen LogP contribution >= 0.6 is 0 Å². The molecule has 1 N–H and O–H groups in total. The van der Waals surface area contributed by atoms with E-state index in [4.69, 9.17) is 5.11 Å². The molecule has 19 heavy (non-hydrogen) atoms. The predicted octanol–water partition coefficient (Wildman–Crippen LogP) is 2.17. The first-order valence-corrected chi connectivity index (χ1v) is 7.45. The fourth-order valence-corrected chi connectivity index (χ4v) is 2.99. The Morgan fingerprint density at radius 3 is 2.05 bits per heavy atom. The quantitative estimate of drug-likeness (QED) is 0.793. The number of rotatable bonds is 1. The fraction of sp³-hybridized carbons (Fsp3) is 0.857. The summed E-state index contributed by atoms with van der Waals surface area (Å²) >= 11 is 0. The summed E-state index contributed by atoms with van der Waals surface area (Å²) in [5, 5.41) is 9.08. The SMILES string of the molecule is O=C(O)C1CCCN(C(=O)N2CCCCCCC2)C1. The highest BCUT2D eigenvalue weighted by atomic mass is 16.4. The van der Waals surface area contributed by atoms with Gasteiger partial charge in [0.25, 0.3) is 0 Å². The summed E-state index contributed by atoms with van der Waals surface area (Å²) < 4.78 is 0. The lowest BCUT2D eigenvalue weighted by atomic mass is 9.98. The Hall–Kier alpha value is -1.26. The molecule has 2 aliphatic rings. The van der Waals surface area contributed by atoms with Gasteiger partial charge in [0.15, 0.2) is 0 Å². The van der Waals surface area contributed by atoms with E-state index in [2.05, 4.69) is 0 Å². The fourth-order valence-electron chi connectivity index (χ4n) is 2.99. The standard InChI is InChI=1S/C14H24N2O3/c17-13(18)12-7-6-10-16(11-12)14(19)15-8-4-2-1-3-5-9-15/h12H,1-11H2,(H,17,18). The minimum Gasteiger partial charge on any atom is -0.481 e. The molecule has 2 amide bonds. The van der Waals surface area contributed by atoms with Crippen LogP contribution in [0.2, 0.25) is 0 Å². The van der Waals surface area contributed by atoms with Crippen LogP contribution in [0.3, 0.4) is 0 Å². The lowest BCUT2D eigenvalue weighted by Gasteiger charge is -2.35. The van der Waals surface area contributed by atoms with E-state index in [1.54, 1.807) is 4.90 Å². The molecule has 0 aromatic heterocycles. The molecule has 0 aromatic rings. The highest BCUT2D eigenvalue weighted by Gasteiger charge is 2.30. The van der Waals surface area contributed by atoms with Crippen molar-refractivity contribution in [3.63, 3.8) is 0 Å². The molecule has 2 heterocycles. The van der Waals surface area contributed by atoms with Gasteiger partial charge in [-0.3, -0.25) is 4.79 Å². The Bertz CT molecular complexity index is 325. The van der Waals surface area contributed by atoms with Crippen LogP contribution in [0, 0.1) is 5.92 Å². The molecule has 2 aliphatic heterocycles. The van der Waals surface area contributed by atoms with E-state index in [9.17, 15) is 9.59 Å². The molecule has 0 aliphatic carbocycles. The first-order valence-electron chi connectivity index (χ1n) is 7.45. The Morgan fingerprint density at radius 2 is 1.42 bits per heavy atom. The highest BCUT2D eigenvalue weighted by Crippen LogP contribution is 2.19. The lowest BCUT2D eigenvalue weighted by molar-refractivity contribution is -0.143. The second-order valence-electron chi connectivity index (χ2n) is 5.66. The van der Waals surface area contributed by atoms with E-state index < -0.39 is 5.97 Å². The summed E-state index contributed by atoms with van der Waals surface area (Å²) in [6, 6.07) is 0.0489. The van der Waals surface area contributed by atoms with Crippen LogP contribution in [0.25, 0.3) is 0 Å². The van der Waals surface area contributed by atoms with Gasteiger partial charge in [-0.25, -0.2) is 4.79 Å². The molecule has 2 fully saturated rings. The van der Waals surface area contributed by atoms with Crippen LogP contribution in [0.5, 0.6) is 0 Å². The number of likely N-dealkylation sites (tertiary alicyclic amines) is 2. The molecule has 0 saturated carbocycles. The van der Waals surface area contributed by atoms with Gasteiger partial charge in [0, 0.05) is 26.2 Å². The zero-order valence-corrected chi connectivity index (χ0v) is 11.5. The van der Waals surface area contributed by atoms with Gasteiger partial charge in [0.2, 0.25) is 0 Å². The number of amides is 2. The second-order valence-corrected chi connectivity index (χ2v) is 5.66. The first kappa shape index (κ1) is 14.2. The Morgan fingerprint density at radius 1 is 0.842 bits per heavy atom. The summed E-state index contributed by atoms with van der Waals surface area (Å²) in [7, 11) is 0. The summed E-state index contributed by atoms with van der Waals surface area (Å²) in [5.41, 5.74) is 0.